The van der Waals surface area contributed by atoms with Gasteiger partial charge in [-0.3, -0.25) is 4.79 Å². The molecule has 104 valence electrons. The number of rotatable bonds is 5. The normalized spacial score (nSPS) is 17.8. The van der Waals surface area contributed by atoms with Gasteiger partial charge in [0.1, 0.15) is 0 Å². The van der Waals surface area contributed by atoms with E-state index in [1.807, 2.05) is 36.2 Å². The first-order valence-corrected chi connectivity index (χ1v) is 8.03. The maximum absolute atomic E-state index is 12.7. The summed E-state index contributed by atoms with van der Waals surface area (Å²) in [5, 5.41) is 0. The summed E-state index contributed by atoms with van der Waals surface area (Å²) in [5.74, 6) is 1.22. The minimum absolute atomic E-state index is 0.249. The minimum atomic E-state index is -0.283. The van der Waals surface area contributed by atoms with Gasteiger partial charge in [-0.1, -0.05) is 12.1 Å². The van der Waals surface area contributed by atoms with Gasteiger partial charge in [-0.15, -0.1) is 0 Å². The quantitative estimate of drug-likeness (QED) is 0.842. The Morgan fingerprint density at radius 1 is 1.42 bits per heavy atom. The second-order valence-electron chi connectivity index (χ2n) is 5.42. The molecule has 19 heavy (non-hydrogen) atoms. The third-order valence-corrected chi connectivity index (χ3v) is 4.83. The van der Waals surface area contributed by atoms with E-state index in [1.54, 1.807) is 11.8 Å². The zero-order valence-corrected chi connectivity index (χ0v) is 12.7. The lowest BCUT2D eigenvalue weighted by atomic mass is 9.94. The van der Waals surface area contributed by atoms with Gasteiger partial charge in [0.05, 0.1) is 5.41 Å². The molecule has 1 fully saturated rings. The molecule has 0 aliphatic heterocycles. The SMILES string of the molecule is CSCC(C)N(C)C(=O)C1(c2ccc(N)cc2)CC1. The molecule has 1 aliphatic rings. The predicted molar refractivity (Wildman–Crippen MR) is 82.4 cm³/mol. The summed E-state index contributed by atoms with van der Waals surface area (Å²) in [6, 6.07) is 8.02. The van der Waals surface area contributed by atoms with Crippen LogP contribution in [0.4, 0.5) is 5.69 Å². The van der Waals surface area contributed by atoms with Crippen molar-refractivity contribution in [3.63, 3.8) is 0 Å². The second-order valence-corrected chi connectivity index (χ2v) is 6.34. The number of likely N-dealkylation sites (N-methyl/N-ethyl adjacent to an activating group) is 1. The fraction of sp³-hybridized carbons (Fsp3) is 0.533. The topological polar surface area (TPSA) is 46.3 Å². The summed E-state index contributed by atoms with van der Waals surface area (Å²) in [6.07, 6.45) is 3.97. The van der Waals surface area contributed by atoms with Crippen molar-refractivity contribution < 1.29 is 4.79 Å². The number of anilines is 1. The number of thioether (sulfide) groups is 1. The summed E-state index contributed by atoms with van der Waals surface area (Å²) in [4.78, 5) is 14.6. The number of nitrogens with zero attached hydrogens (tertiary/aromatic N) is 1. The average molecular weight is 278 g/mol. The van der Waals surface area contributed by atoms with Crippen LogP contribution in [0, 0.1) is 0 Å². The monoisotopic (exact) mass is 278 g/mol. The maximum atomic E-state index is 12.7. The van der Waals surface area contributed by atoms with E-state index in [9.17, 15) is 4.79 Å². The van der Waals surface area contributed by atoms with Gasteiger partial charge in [0.25, 0.3) is 0 Å². The van der Waals surface area contributed by atoms with Gasteiger partial charge in [0.15, 0.2) is 0 Å². The van der Waals surface area contributed by atoms with Gasteiger partial charge >= 0.3 is 0 Å². The van der Waals surface area contributed by atoms with Crippen LogP contribution in [-0.2, 0) is 10.2 Å². The van der Waals surface area contributed by atoms with Crippen LogP contribution >= 0.6 is 11.8 Å². The van der Waals surface area contributed by atoms with Crippen molar-refractivity contribution >= 4 is 23.4 Å². The molecule has 0 radical (unpaired) electrons. The average Bonchev–Trinajstić information content (AvgIpc) is 3.19. The lowest BCUT2D eigenvalue weighted by molar-refractivity contribution is -0.134. The molecule has 4 heteroatoms. The molecule has 0 spiro atoms. The Labute approximate surface area is 119 Å². The van der Waals surface area contributed by atoms with Crippen molar-refractivity contribution in [2.45, 2.75) is 31.2 Å². The number of nitrogens with two attached hydrogens (primary N) is 1. The van der Waals surface area contributed by atoms with Crippen LogP contribution in [0.2, 0.25) is 0 Å². The second kappa shape index (κ2) is 5.45. The van der Waals surface area contributed by atoms with Crippen LogP contribution in [0.3, 0.4) is 0 Å². The van der Waals surface area contributed by atoms with E-state index in [-0.39, 0.29) is 17.4 Å². The first kappa shape index (κ1) is 14.3. The van der Waals surface area contributed by atoms with Crippen LogP contribution in [0.25, 0.3) is 0 Å². The standard InChI is InChI=1S/C15H22N2OS/c1-11(10-19-3)17(2)14(18)15(8-9-15)12-4-6-13(16)7-5-12/h4-7,11H,8-10,16H2,1-3H3. The first-order valence-electron chi connectivity index (χ1n) is 6.63. The molecular formula is C15H22N2OS. The van der Waals surface area contributed by atoms with E-state index in [2.05, 4.69) is 13.2 Å². The molecule has 1 aromatic carbocycles. The van der Waals surface area contributed by atoms with Crippen molar-refractivity contribution in [2.75, 3.05) is 24.8 Å². The summed E-state index contributed by atoms with van der Waals surface area (Å²) in [7, 11) is 1.92. The molecule has 0 saturated heterocycles. The number of nitrogen functional groups attached to an aromatic ring is 1. The van der Waals surface area contributed by atoms with E-state index in [1.165, 1.54) is 0 Å². The highest BCUT2D eigenvalue weighted by Gasteiger charge is 2.52. The third-order valence-electron chi connectivity index (χ3n) is 4.01. The predicted octanol–water partition coefficient (Wildman–Crippen LogP) is 2.51. The number of benzene rings is 1. The number of hydrogen-bond acceptors (Lipinski definition) is 3. The molecular weight excluding hydrogens is 256 g/mol. The van der Waals surface area contributed by atoms with Crippen LogP contribution in [0.15, 0.2) is 24.3 Å². The number of hydrogen-bond donors (Lipinski definition) is 1. The van der Waals surface area contributed by atoms with Gasteiger partial charge in [-0.25, -0.2) is 0 Å². The van der Waals surface area contributed by atoms with Gasteiger partial charge in [-0.05, 0) is 43.7 Å². The van der Waals surface area contributed by atoms with Gasteiger partial charge < -0.3 is 10.6 Å². The Balaban J connectivity index is 2.16. The van der Waals surface area contributed by atoms with E-state index < -0.39 is 0 Å². The van der Waals surface area contributed by atoms with Crippen LogP contribution in [0.5, 0.6) is 0 Å². The molecule has 2 N–H and O–H groups in total. The van der Waals surface area contributed by atoms with E-state index in [0.29, 0.717) is 0 Å². The lowest BCUT2D eigenvalue weighted by Gasteiger charge is -2.29. The van der Waals surface area contributed by atoms with Crippen molar-refractivity contribution in [3.8, 4) is 0 Å². The number of carbonyl (C=O) groups is 1. The van der Waals surface area contributed by atoms with E-state index in [4.69, 9.17) is 5.73 Å². The van der Waals surface area contributed by atoms with Crippen LogP contribution in [0.1, 0.15) is 25.3 Å². The minimum Gasteiger partial charge on any atom is -0.399 e. The van der Waals surface area contributed by atoms with E-state index >= 15 is 0 Å². The maximum Gasteiger partial charge on any atom is 0.233 e. The van der Waals surface area contributed by atoms with Crippen LogP contribution in [-0.4, -0.2) is 35.9 Å². The molecule has 1 atom stereocenters. The van der Waals surface area contributed by atoms with E-state index in [0.717, 1.165) is 29.8 Å². The molecule has 0 bridgehead atoms. The first-order chi connectivity index (χ1) is 9.01. The smallest absolute Gasteiger partial charge is 0.233 e. The molecule has 1 aliphatic carbocycles. The zero-order chi connectivity index (χ0) is 14.0. The Morgan fingerprint density at radius 3 is 2.47 bits per heavy atom. The Hall–Kier alpha value is -1.16. The molecule has 0 aromatic heterocycles. The van der Waals surface area contributed by atoms with Gasteiger partial charge in [0, 0.05) is 24.5 Å². The molecule has 1 unspecified atom stereocenters. The third kappa shape index (κ3) is 2.73. The highest BCUT2D eigenvalue weighted by molar-refractivity contribution is 7.98. The molecule has 3 nitrogen and oxygen atoms in total. The molecule has 0 heterocycles. The summed E-state index contributed by atoms with van der Waals surface area (Å²) < 4.78 is 0. The Morgan fingerprint density at radius 2 is 2.00 bits per heavy atom. The lowest BCUT2D eigenvalue weighted by Crippen LogP contribution is -2.42. The Bertz CT molecular complexity index is 454. The highest BCUT2D eigenvalue weighted by Crippen LogP contribution is 2.49. The number of carbonyl (C=O) groups excluding carboxylic acids is 1. The van der Waals surface area contributed by atoms with Crippen LogP contribution < -0.4 is 5.73 Å². The van der Waals surface area contributed by atoms with Gasteiger partial charge in [0.2, 0.25) is 5.91 Å². The fourth-order valence-corrected chi connectivity index (χ4v) is 3.15. The van der Waals surface area contributed by atoms with Crippen molar-refractivity contribution in [1.82, 2.24) is 4.90 Å². The van der Waals surface area contributed by atoms with Crippen molar-refractivity contribution in [2.24, 2.45) is 0 Å². The van der Waals surface area contributed by atoms with Crippen molar-refractivity contribution in [3.05, 3.63) is 29.8 Å². The molecule has 1 amide bonds. The Kier molecular flexibility index (Phi) is 4.09. The largest absolute Gasteiger partial charge is 0.399 e. The number of amides is 1. The molecule has 2 rings (SSSR count). The van der Waals surface area contributed by atoms with Gasteiger partial charge in [-0.2, -0.15) is 11.8 Å². The highest BCUT2D eigenvalue weighted by atomic mass is 32.2. The molecule has 1 saturated carbocycles. The summed E-state index contributed by atoms with van der Waals surface area (Å²) in [6.45, 7) is 2.10. The van der Waals surface area contributed by atoms with Crippen molar-refractivity contribution in [1.29, 1.82) is 0 Å². The zero-order valence-electron chi connectivity index (χ0n) is 11.8. The molecule has 1 aromatic rings. The fourth-order valence-electron chi connectivity index (χ4n) is 2.44. The summed E-state index contributed by atoms with van der Waals surface area (Å²) in [5.41, 5.74) is 7.29. The summed E-state index contributed by atoms with van der Waals surface area (Å²) >= 11 is 1.77.